The Labute approximate surface area is 90.8 Å². The van der Waals surface area contributed by atoms with E-state index in [1.165, 1.54) is 6.42 Å². The summed E-state index contributed by atoms with van der Waals surface area (Å²) in [7, 11) is 0. The number of amides is 1. The number of rotatable bonds is 1. The maximum absolute atomic E-state index is 11.6. The average Bonchev–Trinajstić information content (AvgIpc) is 2.50. The number of carbonyl (C=O) groups is 2. The van der Waals surface area contributed by atoms with Crippen LogP contribution in [0, 0.1) is 11.8 Å². The van der Waals surface area contributed by atoms with Gasteiger partial charge in [0, 0.05) is 6.04 Å². The fraction of sp³-hybridized carbons (Fsp3) is 0.833. The van der Waals surface area contributed by atoms with Crippen molar-refractivity contribution in [1.29, 1.82) is 0 Å². The minimum absolute atomic E-state index is 0.0479. The van der Waals surface area contributed by atoms with Crippen LogP contribution in [0.3, 0.4) is 0 Å². The van der Waals surface area contributed by atoms with Crippen molar-refractivity contribution in [2.24, 2.45) is 11.8 Å². The van der Waals surface area contributed by atoms with Gasteiger partial charge in [-0.2, -0.15) is 0 Å². The van der Waals surface area contributed by atoms with Crippen LogP contribution < -0.4 is 0 Å². The first kappa shape index (κ1) is 10.7. The third kappa shape index (κ3) is 2.06. The molecule has 1 amide bonds. The van der Waals surface area contributed by atoms with Gasteiger partial charge in [0.05, 0.1) is 13.0 Å². The molecule has 0 aromatic rings. The highest BCUT2D eigenvalue weighted by Crippen LogP contribution is 2.33. The molecular formula is C12H19NO2. The molecule has 1 aliphatic carbocycles. The van der Waals surface area contributed by atoms with Gasteiger partial charge in [0.25, 0.3) is 0 Å². The molecule has 3 heteroatoms. The Balaban J connectivity index is 2.00. The highest BCUT2D eigenvalue weighted by Gasteiger charge is 2.36. The predicted octanol–water partition coefficient (Wildman–Crippen LogP) is 1.61. The van der Waals surface area contributed by atoms with Crippen molar-refractivity contribution in [3.8, 4) is 0 Å². The van der Waals surface area contributed by atoms with E-state index in [2.05, 4.69) is 13.8 Å². The summed E-state index contributed by atoms with van der Waals surface area (Å²) in [5.74, 6) is 1.57. The summed E-state index contributed by atoms with van der Waals surface area (Å²) in [6, 6.07) is 0.329. The van der Waals surface area contributed by atoms with Crippen molar-refractivity contribution in [2.45, 2.75) is 45.6 Å². The molecule has 1 saturated carbocycles. The highest BCUT2D eigenvalue weighted by atomic mass is 16.2. The Morgan fingerprint density at radius 2 is 1.87 bits per heavy atom. The molecule has 0 radical (unpaired) electrons. The lowest BCUT2D eigenvalue weighted by Crippen LogP contribution is -2.41. The van der Waals surface area contributed by atoms with Crippen LogP contribution in [0.15, 0.2) is 0 Å². The Bertz CT molecular complexity index is 287. The van der Waals surface area contributed by atoms with E-state index in [-0.39, 0.29) is 18.1 Å². The summed E-state index contributed by atoms with van der Waals surface area (Å²) >= 11 is 0. The second kappa shape index (κ2) is 3.95. The van der Waals surface area contributed by atoms with Crippen LogP contribution in [-0.4, -0.2) is 29.2 Å². The van der Waals surface area contributed by atoms with Gasteiger partial charge >= 0.3 is 0 Å². The van der Waals surface area contributed by atoms with Crippen molar-refractivity contribution >= 4 is 11.7 Å². The number of ketones is 1. The standard InChI is InChI=1S/C12H19NO2/c1-8-3-4-10(5-9(8)2)13-7-11(14)6-12(13)15/h8-10H,3-7H2,1-2H3. The molecule has 1 saturated heterocycles. The number of hydrogen-bond acceptors (Lipinski definition) is 2. The van der Waals surface area contributed by atoms with E-state index >= 15 is 0 Å². The lowest BCUT2D eigenvalue weighted by Gasteiger charge is -2.36. The molecule has 2 aliphatic rings. The van der Waals surface area contributed by atoms with Crippen LogP contribution in [0.25, 0.3) is 0 Å². The monoisotopic (exact) mass is 209 g/mol. The molecule has 2 fully saturated rings. The second-order valence-electron chi connectivity index (χ2n) is 5.16. The summed E-state index contributed by atoms with van der Waals surface area (Å²) < 4.78 is 0. The van der Waals surface area contributed by atoms with Crippen molar-refractivity contribution in [3.05, 3.63) is 0 Å². The molecule has 15 heavy (non-hydrogen) atoms. The topological polar surface area (TPSA) is 37.4 Å². The number of nitrogens with zero attached hydrogens (tertiary/aromatic N) is 1. The maximum Gasteiger partial charge on any atom is 0.230 e. The van der Waals surface area contributed by atoms with Crippen molar-refractivity contribution < 1.29 is 9.59 Å². The molecule has 0 bridgehead atoms. The Hall–Kier alpha value is -0.860. The zero-order chi connectivity index (χ0) is 11.0. The second-order valence-corrected chi connectivity index (χ2v) is 5.16. The molecular weight excluding hydrogens is 190 g/mol. The highest BCUT2D eigenvalue weighted by molar-refractivity contribution is 6.05. The first-order valence-electron chi connectivity index (χ1n) is 5.89. The smallest absolute Gasteiger partial charge is 0.230 e. The van der Waals surface area contributed by atoms with Crippen LogP contribution in [0.2, 0.25) is 0 Å². The fourth-order valence-corrected chi connectivity index (χ4v) is 2.74. The van der Waals surface area contributed by atoms with Gasteiger partial charge in [-0.05, 0) is 31.1 Å². The van der Waals surface area contributed by atoms with E-state index in [4.69, 9.17) is 0 Å². The largest absolute Gasteiger partial charge is 0.332 e. The van der Waals surface area contributed by atoms with Crippen molar-refractivity contribution in [2.75, 3.05) is 6.54 Å². The van der Waals surface area contributed by atoms with E-state index in [1.807, 2.05) is 4.90 Å². The average molecular weight is 209 g/mol. The van der Waals surface area contributed by atoms with Gasteiger partial charge in [-0.15, -0.1) is 0 Å². The fourth-order valence-electron chi connectivity index (χ4n) is 2.74. The SMILES string of the molecule is CC1CCC(N2CC(=O)CC2=O)CC1C. The van der Waals surface area contributed by atoms with Gasteiger partial charge in [0.1, 0.15) is 0 Å². The van der Waals surface area contributed by atoms with Crippen LogP contribution in [0.1, 0.15) is 39.5 Å². The molecule has 3 nitrogen and oxygen atoms in total. The molecule has 0 aromatic heterocycles. The summed E-state index contributed by atoms with van der Waals surface area (Å²) in [6.45, 7) is 4.89. The van der Waals surface area contributed by atoms with E-state index in [0.717, 1.165) is 18.8 Å². The van der Waals surface area contributed by atoms with Crippen molar-refractivity contribution in [1.82, 2.24) is 4.90 Å². The van der Waals surface area contributed by atoms with Gasteiger partial charge < -0.3 is 4.90 Å². The minimum atomic E-state index is 0.0479. The van der Waals surface area contributed by atoms with Crippen LogP contribution >= 0.6 is 0 Å². The first-order chi connectivity index (χ1) is 7.08. The van der Waals surface area contributed by atoms with E-state index in [9.17, 15) is 9.59 Å². The number of hydrogen-bond donors (Lipinski definition) is 0. The molecule has 3 atom stereocenters. The quantitative estimate of drug-likeness (QED) is 0.615. The molecule has 1 aliphatic heterocycles. The summed E-state index contributed by atoms with van der Waals surface area (Å²) in [4.78, 5) is 24.6. The van der Waals surface area contributed by atoms with E-state index in [1.54, 1.807) is 0 Å². The number of likely N-dealkylation sites (tertiary alicyclic amines) is 1. The van der Waals surface area contributed by atoms with Gasteiger partial charge in [-0.25, -0.2) is 0 Å². The lowest BCUT2D eigenvalue weighted by molar-refractivity contribution is -0.130. The van der Waals surface area contributed by atoms with Gasteiger partial charge in [0.15, 0.2) is 5.78 Å². The van der Waals surface area contributed by atoms with Crippen LogP contribution in [0.4, 0.5) is 0 Å². The zero-order valence-corrected chi connectivity index (χ0v) is 9.53. The summed E-state index contributed by atoms with van der Waals surface area (Å²) in [5.41, 5.74) is 0. The lowest BCUT2D eigenvalue weighted by atomic mass is 9.78. The molecule has 0 N–H and O–H groups in total. The van der Waals surface area contributed by atoms with Gasteiger partial charge in [0.2, 0.25) is 5.91 Å². The third-order valence-corrected chi connectivity index (χ3v) is 4.03. The molecule has 1 heterocycles. The summed E-state index contributed by atoms with van der Waals surface area (Å²) in [5, 5.41) is 0. The minimum Gasteiger partial charge on any atom is -0.332 e. The molecule has 3 unspecified atom stereocenters. The molecule has 84 valence electrons. The maximum atomic E-state index is 11.6. The number of carbonyl (C=O) groups excluding carboxylic acids is 2. The van der Waals surface area contributed by atoms with Crippen molar-refractivity contribution in [3.63, 3.8) is 0 Å². The summed E-state index contributed by atoms with van der Waals surface area (Å²) in [6.07, 6.45) is 3.47. The Morgan fingerprint density at radius 3 is 2.40 bits per heavy atom. The molecule has 2 rings (SSSR count). The van der Waals surface area contributed by atoms with Gasteiger partial charge in [-0.1, -0.05) is 13.8 Å². The molecule has 0 aromatic carbocycles. The third-order valence-electron chi connectivity index (χ3n) is 4.03. The van der Waals surface area contributed by atoms with E-state index in [0.29, 0.717) is 18.5 Å². The zero-order valence-electron chi connectivity index (χ0n) is 9.53. The van der Waals surface area contributed by atoms with E-state index < -0.39 is 0 Å². The normalized spacial score (nSPS) is 37.5. The Morgan fingerprint density at radius 1 is 1.13 bits per heavy atom. The molecule has 0 spiro atoms. The van der Waals surface area contributed by atoms with Crippen LogP contribution in [0.5, 0.6) is 0 Å². The predicted molar refractivity (Wildman–Crippen MR) is 57.3 cm³/mol. The first-order valence-corrected chi connectivity index (χ1v) is 5.89. The Kier molecular flexibility index (Phi) is 2.81. The van der Waals surface area contributed by atoms with Gasteiger partial charge in [-0.3, -0.25) is 9.59 Å². The number of Topliss-reactive ketones (excluding diaryl/α,β-unsaturated/α-hetero) is 1. The van der Waals surface area contributed by atoms with Crippen LogP contribution in [-0.2, 0) is 9.59 Å².